The summed E-state index contributed by atoms with van der Waals surface area (Å²) in [7, 11) is 0. The monoisotopic (exact) mass is 465 g/mol. The Kier molecular flexibility index (Phi) is 6.04. The van der Waals surface area contributed by atoms with Crippen molar-refractivity contribution >= 4 is 35.3 Å². The van der Waals surface area contributed by atoms with Crippen LogP contribution >= 0.6 is 11.6 Å². The smallest absolute Gasteiger partial charge is 0.329 e. The van der Waals surface area contributed by atoms with Crippen molar-refractivity contribution in [2.75, 3.05) is 4.90 Å². The third-order valence-electron chi connectivity index (χ3n) is 6.70. The van der Waals surface area contributed by atoms with Gasteiger partial charge in [-0.15, -0.1) is 0 Å². The molecule has 33 heavy (non-hydrogen) atoms. The number of nitrogens with one attached hydrogen (secondary N) is 1. The zero-order chi connectivity index (χ0) is 24.1. The highest BCUT2D eigenvalue weighted by molar-refractivity contribution is 6.30. The van der Waals surface area contributed by atoms with E-state index in [2.05, 4.69) is 63.9 Å². The maximum absolute atomic E-state index is 13.0. The summed E-state index contributed by atoms with van der Waals surface area (Å²) in [6, 6.07) is 11.5. The van der Waals surface area contributed by atoms with Crippen LogP contribution in [-0.4, -0.2) is 28.4 Å². The van der Waals surface area contributed by atoms with Gasteiger partial charge >= 0.3 is 6.03 Å². The van der Waals surface area contributed by atoms with E-state index in [1.807, 2.05) is 18.2 Å². The second-order valence-electron chi connectivity index (χ2n) is 10.2. The standard InChI is InChI=1S/C27H32ClN3O2/c1-16(2)31-24-11-17(3)20(12-22(24)18(4)14-27(31,5)6)13-23-25(32)30(26(33)29-23)15-19-7-9-21(28)10-8-19/h7-13,16,18H,14-15H2,1-6H3,(H,29,33)/b23-13-/t18-/m0/s1. The van der Waals surface area contributed by atoms with E-state index in [9.17, 15) is 9.59 Å². The molecule has 1 N–H and O–H groups in total. The number of urea groups is 1. The first kappa shape index (κ1) is 23.4. The van der Waals surface area contributed by atoms with Crippen LogP contribution in [0.2, 0.25) is 5.02 Å². The number of hydrogen-bond donors (Lipinski definition) is 1. The molecule has 0 bridgehead atoms. The van der Waals surface area contributed by atoms with Crippen molar-refractivity contribution in [2.24, 2.45) is 0 Å². The van der Waals surface area contributed by atoms with Gasteiger partial charge in [-0.25, -0.2) is 4.79 Å². The van der Waals surface area contributed by atoms with E-state index in [-0.39, 0.29) is 18.0 Å². The van der Waals surface area contributed by atoms with E-state index < -0.39 is 6.03 Å². The van der Waals surface area contributed by atoms with Crippen LogP contribution in [0, 0.1) is 6.92 Å². The summed E-state index contributed by atoms with van der Waals surface area (Å²) in [6.07, 6.45) is 2.87. The Morgan fingerprint density at radius 3 is 2.48 bits per heavy atom. The fraction of sp³-hybridized carbons (Fsp3) is 0.407. The predicted molar refractivity (Wildman–Crippen MR) is 134 cm³/mol. The average Bonchev–Trinajstić information content (AvgIpc) is 2.97. The fourth-order valence-electron chi connectivity index (χ4n) is 5.39. The Morgan fingerprint density at radius 1 is 1.18 bits per heavy atom. The van der Waals surface area contributed by atoms with Crippen molar-refractivity contribution in [3.05, 3.63) is 69.4 Å². The van der Waals surface area contributed by atoms with Crippen molar-refractivity contribution in [3.8, 4) is 0 Å². The molecule has 2 heterocycles. The Labute approximate surface area is 201 Å². The molecule has 0 aliphatic carbocycles. The number of nitrogens with zero attached hydrogens (tertiary/aromatic N) is 2. The number of aryl methyl sites for hydroxylation is 1. The number of imide groups is 1. The number of fused-ring (bicyclic) bond motifs is 1. The number of anilines is 1. The fourth-order valence-corrected chi connectivity index (χ4v) is 5.52. The summed E-state index contributed by atoms with van der Waals surface area (Å²) in [5.41, 5.74) is 5.82. The maximum Gasteiger partial charge on any atom is 0.329 e. The molecule has 4 rings (SSSR count). The molecule has 1 fully saturated rings. The van der Waals surface area contributed by atoms with Gasteiger partial charge in [-0.1, -0.05) is 30.7 Å². The molecule has 0 radical (unpaired) electrons. The first-order valence-corrected chi connectivity index (χ1v) is 11.9. The summed E-state index contributed by atoms with van der Waals surface area (Å²) in [6.45, 7) is 13.6. The van der Waals surface area contributed by atoms with Gasteiger partial charge in [0.15, 0.2) is 0 Å². The second-order valence-corrected chi connectivity index (χ2v) is 10.6. The molecule has 2 aromatic carbocycles. The van der Waals surface area contributed by atoms with Gasteiger partial charge in [-0.3, -0.25) is 9.69 Å². The van der Waals surface area contributed by atoms with E-state index in [0.717, 1.165) is 23.1 Å². The Hall–Kier alpha value is -2.79. The van der Waals surface area contributed by atoms with Gasteiger partial charge in [0.25, 0.3) is 5.91 Å². The predicted octanol–water partition coefficient (Wildman–Crippen LogP) is 6.24. The van der Waals surface area contributed by atoms with Crippen LogP contribution < -0.4 is 10.2 Å². The van der Waals surface area contributed by atoms with E-state index in [4.69, 9.17) is 11.6 Å². The number of halogens is 1. The Balaban J connectivity index is 1.66. The minimum Gasteiger partial charge on any atom is -0.364 e. The zero-order valence-electron chi connectivity index (χ0n) is 20.2. The van der Waals surface area contributed by atoms with E-state index in [1.165, 1.54) is 16.2 Å². The minimum absolute atomic E-state index is 0.0740. The highest BCUT2D eigenvalue weighted by Gasteiger charge is 2.38. The summed E-state index contributed by atoms with van der Waals surface area (Å²) in [5, 5.41) is 3.37. The normalized spacial score (nSPS) is 21.1. The lowest BCUT2D eigenvalue weighted by atomic mass is 9.78. The molecule has 2 aliphatic heterocycles. The first-order valence-electron chi connectivity index (χ1n) is 11.5. The van der Waals surface area contributed by atoms with Crippen LogP contribution in [-0.2, 0) is 11.3 Å². The summed E-state index contributed by atoms with van der Waals surface area (Å²) >= 11 is 5.94. The lowest BCUT2D eigenvalue weighted by Gasteiger charge is -2.50. The molecule has 1 atom stereocenters. The highest BCUT2D eigenvalue weighted by Crippen LogP contribution is 2.45. The molecule has 3 amide bonds. The van der Waals surface area contributed by atoms with Crippen molar-refractivity contribution in [3.63, 3.8) is 0 Å². The van der Waals surface area contributed by atoms with E-state index in [1.54, 1.807) is 12.1 Å². The van der Waals surface area contributed by atoms with Gasteiger partial charge in [0.2, 0.25) is 0 Å². The van der Waals surface area contributed by atoms with Crippen LogP contribution in [0.4, 0.5) is 10.5 Å². The van der Waals surface area contributed by atoms with Crippen LogP contribution in [0.3, 0.4) is 0 Å². The van der Waals surface area contributed by atoms with Crippen LogP contribution in [0.1, 0.15) is 69.2 Å². The van der Waals surface area contributed by atoms with Crippen molar-refractivity contribution in [2.45, 2.75) is 72.0 Å². The number of hydrogen-bond acceptors (Lipinski definition) is 3. The number of benzene rings is 2. The van der Waals surface area contributed by atoms with Crippen molar-refractivity contribution in [1.82, 2.24) is 10.2 Å². The molecule has 2 aliphatic rings. The molecular weight excluding hydrogens is 434 g/mol. The maximum atomic E-state index is 13.0. The number of amides is 3. The van der Waals surface area contributed by atoms with Crippen LogP contribution in [0.25, 0.3) is 6.08 Å². The molecule has 2 aromatic rings. The second kappa shape index (κ2) is 8.53. The molecule has 0 saturated carbocycles. The van der Waals surface area contributed by atoms with Crippen molar-refractivity contribution in [1.29, 1.82) is 0 Å². The van der Waals surface area contributed by atoms with E-state index in [0.29, 0.717) is 22.7 Å². The van der Waals surface area contributed by atoms with Crippen LogP contribution in [0.5, 0.6) is 0 Å². The van der Waals surface area contributed by atoms with E-state index >= 15 is 0 Å². The number of rotatable bonds is 4. The SMILES string of the molecule is Cc1cc2c(cc1/C=C1\NC(=O)N(Cc3ccc(Cl)cc3)C1=O)[C@@H](C)CC(C)(C)N2C(C)C. The molecule has 6 heteroatoms. The lowest BCUT2D eigenvalue weighted by molar-refractivity contribution is -0.123. The van der Waals surface area contributed by atoms with Gasteiger partial charge in [0.05, 0.1) is 6.54 Å². The quantitative estimate of drug-likeness (QED) is 0.429. The molecule has 0 spiro atoms. The van der Waals surface area contributed by atoms with Gasteiger partial charge in [0, 0.05) is 22.3 Å². The average molecular weight is 466 g/mol. The molecule has 174 valence electrons. The first-order chi connectivity index (χ1) is 15.5. The largest absolute Gasteiger partial charge is 0.364 e. The third-order valence-corrected chi connectivity index (χ3v) is 6.95. The number of carbonyl (C=O) groups is 2. The Bertz CT molecular complexity index is 1130. The summed E-state index contributed by atoms with van der Waals surface area (Å²) < 4.78 is 0. The third kappa shape index (κ3) is 4.39. The van der Waals surface area contributed by atoms with Gasteiger partial charge < -0.3 is 10.2 Å². The Morgan fingerprint density at radius 2 is 1.85 bits per heavy atom. The van der Waals surface area contributed by atoms with Gasteiger partial charge in [0.1, 0.15) is 5.70 Å². The molecule has 1 saturated heterocycles. The zero-order valence-corrected chi connectivity index (χ0v) is 21.0. The van der Waals surface area contributed by atoms with Gasteiger partial charge in [-0.2, -0.15) is 0 Å². The topological polar surface area (TPSA) is 52.7 Å². The van der Waals surface area contributed by atoms with Crippen molar-refractivity contribution < 1.29 is 9.59 Å². The molecule has 5 nitrogen and oxygen atoms in total. The molecule has 0 unspecified atom stereocenters. The lowest BCUT2D eigenvalue weighted by Crippen LogP contribution is -2.51. The van der Waals surface area contributed by atoms with Gasteiger partial charge in [-0.05, 0) is 99.6 Å². The highest BCUT2D eigenvalue weighted by atomic mass is 35.5. The summed E-state index contributed by atoms with van der Waals surface area (Å²) in [4.78, 5) is 29.3. The minimum atomic E-state index is -0.405. The number of carbonyl (C=O) groups excluding carboxylic acids is 2. The molecule has 0 aromatic heterocycles. The molecular formula is C27H32ClN3O2. The van der Waals surface area contributed by atoms with Crippen LogP contribution in [0.15, 0.2) is 42.1 Å². The summed E-state index contributed by atoms with van der Waals surface area (Å²) in [5.74, 6) is 0.0862.